The van der Waals surface area contributed by atoms with Crippen LogP contribution in [0, 0.1) is 0 Å². The molecule has 0 bridgehead atoms. The van der Waals surface area contributed by atoms with E-state index in [0.717, 1.165) is 28.0 Å². The Hall–Kier alpha value is -0.930. The van der Waals surface area contributed by atoms with E-state index in [1.807, 2.05) is 30.0 Å². The molecular formula is C15H18ClNOS. The van der Waals surface area contributed by atoms with Gasteiger partial charge in [0, 0.05) is 28.0 Å². The molecule has 1 unspecified atom stereocenters. The Morgan fingerprint density at radius 1 is 1.37 bits per heavy atom. The van der Waals surface area contributed by atoms with Gasteiger partial charge in [0.2, 0.25) is 0 Å². The lowest BCUT2D eigenvalue weighted by Gasteiger charge is -2.10. The third kappa shape index (κ3) is 3.54. The predicted octanol–water partition coefficient (Wildman–Crippen LogP) is 4.93. The largest absolute Gasteiger partial charge is 0.497 e. The van der Waals surface area contributed by atoms with Crippen LogP contribution < -0.4 is 4.74 Å². The van der Waals surface area contributed by atoms with E-state index in [2.05, 4.69) is 24.9 Å². The van der Waals surface area contributed by atoms with Crippen LogP contribution in [0.15, 0.2) is 24.3 Å². The van der Waals surface area contributed by atoms with E-state index in [1.165, 1.54) is 6.42 Å². The van der Waals surface area contributed by atoms with Gasteiger partial charge in [0.25, 0.3) is 0 Å². The molecule has 0 saturated heterocycles. The molecule has 1 aromatic carbocycles. The molecule has 2 rings (SSSR count). The summed E-state index contributed by atoms with van der Waals surface area (Å²) in [5.41, 5.74) is 1.98. The van der Waals surface area contributed by atoms with Crippen LogP contribution in [-0.2, 0) is 5.75 Å². The number of ether oxygens (including phenoxy) is 1. The van der Waals surface area contributed by atoms with Crippen LogP contribution in [0.5, 0.6) is 5.75 Å². The summed E-state index contributed by atoms with van der Waals surface area (Å²) in [6.45, 7) is 4.43. The molecule has 0 aliphatic heterocycles. The van der Waals surface area contributed by atoms with Crippen molar-refractivity contribution in [3.63, 3.8) is 0 Å². The van der Waals surface area contributed by atoms with Gasteiger partial charge in [-0.15, -0.1) is 0 Å². The van der Waals surface area contributed by atoms with Crippen molar-refractivity contribution in [3.8, 4) is 5.75 Å². The van der Waals surface area contributed by atoms with Gasteiger partial charge in [0.1, 0.15) is 10.9 Å². The van der Waals surface area contributed by atoms with Gasteiger partial charge in [0.15, 0.2) is 0 Å². The fraction of sp³-hybridized carbons (Fsp3) is 0.400. The van der Waals surface area contributed by atoms with Crippen LogP contribution in [0.3, 0.4) is 0 Å². The maximum absolute atomic E-state index is 6.26. The quantitative estimate of drug-likeness (QED) is 0.730. The van der Waals surface area contributed by atoms with E-state index >= 15 is 0 Å². The summed E-state index contributed by atoms with van der Waals surface area (Å²) >= 11 is 8.17. The molecule has 0 spiro atoms. The number of hydrogen-bond acceptors (Lipinski definition) is 3. The number of thioether (sulfide) groups is 1. The van der Waals surface area contributed by atoms with E-state index in [0.29, 0.717) is 10.4 Å². The molecule has 2 nitrogen and oxygen atoms in total. The van der Waals surface area contributed by atoms with E-state index in [1.54, 1.807) is 7.11 Å². The third-order valence-electron chi connectivity index (χ3n) is 3.15. The zero-order valence-corrected chi connectivity index (χ0v) is 13.0. The van der Waals surface area contributed by atoms with Crippen molar-refractivity contribution >= 4 is 34.3 Å². The van der Waals surface area contributed by atoms with E-state index in [4.69, 9.17) is 16.3 Å². The van der Waals surface area contributed by atoms with Crippen LogP contribution in [-0.4, -0.2) is 17.3 Å². The van der Waals surface area contributed by atoms with Gasteiger partial charge in [-0.3, -0.25) is 0 Å². The Kier molecular flexibility index (Phi) is 4.94. The van der Waals surface area contributed by atoms with Crippen molar-refractivity contribution in [2.45, 2.75) is 31.3 Å². The second-order valence-corrected chi connectivity index (χ2v) is 6.31. The summed E-state index contributed by atoms with van der Waals surface area (Å²) in [6.07, 6.45) is 1.17. The molecule has 1 atom stereocenters. The number of hydrogen-bond donors (Lipinski definition) is 0. The molecule has 0 aliphatic carbocycles. The molecule has 0 saturated carbocycles. The Balaban J connectivity index is 2.28. The van der Waals surface area contributed by atoms with Crippen molar-refractivity contribution in [3.05, 3.63) is 35.0 Å². The molecule has 1 aromatic heterocycles. The van der Waals surface area contributed by atoms with E-state index in [9.17, 15) is 0 Å². The molecule has 1 heterocycles. The summed E-state index contributed by atoms with van der Waals surface area (Å²) in [5.74, 6) is 1.71. The second kappa shape index (κ2) is 6.49. The Morgan fingerprint density at radius 2 is 2.16 bits per heavy atom. The van der Waals surface area contributed by atoms with Gasteiger partial charge in [-0.1, -0.05) is 25.4 Å². The Morgan fingerprint density at radius 3 is 2.84 bits per heavy atom. The number of halogens is 1. The molecular weight excluding hydrogens is 278 g/mol. The summed E-state index contributed by atoms with van der Waals surface area (Å²) in [4.78, 5) is 4.46. The smallest absolute Gasteiger partial charge is 0.133 e. The average molecular weight is 296 g/mol. The molecule has 19 heavy (non-hydrogen) atoms. The minimum Gasteiger partial charge on any atom is -0.497 e. The van der Waals surface area contributed by atoms with Gasteiger partial charge in [-0.05, 0) is 24.6 Å². The summed E-state index contributed by atoms with van der Waals surface area (Å²) in [5, 5.41) is 2.34. The molecule has 0 N–H and O–H groups in total. The van der Waals surface area contributed by atoms with Crippen LogP contribution in [0.1, 0.15) is 25.8 Å². The van der Waals surface area contributed by atoms with Crippen LogP contribution >= 0.6 is 23.4 Å². The summed E-state index contributed by atoms with van der Waals surface area (Å²) in [7, 11) is 1.65. The minimum absolute atomic E-state index is 0.594. The fourth-order valence-corrected chi connectivity index (χ4v) is 2.96. The molecule has 0 radical (unpaired) electrons. The molecule has 0 aliphatic rings. The highest BCUT2D eigenvalue weighted by Crippen LogP contribution is 2.28. The normalized spacial score (nSPS) is 12.6. The predicted molar refractivity (Wildman–Crippen MR) is 84.4 cm³/mol. The zero-order chi connectivity index (χ0) is 13.8. The maximum Gasteiger partial charge on any atom is 0.133 e. The van der Waals surface area contributed by atoms with Crippen molar-refractivity contribution in [1.82, 2.24) is 4.98 Å². The summed E-state index contributed by atoms with van der Waals surface area (Å²) in [6, 6.07) is 8.00. The molecule has 102 valence electrons. The number of methoxy groups -OCH3 is 1. The Bertz CT molecular complexity index is 573. The minimum atomic E-state index is 0.594. The first kappa shape index (κ1) is 14.5. The Labute approximate surface area is 123 Å². The van der Waals surface area contributed by atoms with Gasteiger partial charge >= 0.3 is 0 Å². The van der Waals surface area contributed by atoms with Gasteiger partial charge in [-0.25, -0.2) is 4.98 Å². The summed E-state index contributed by atoms with van der Waals surface area (Å²) < 4.78 is 5.20. The second-order valence-electron chi connectivity index (χ2n) is 4.53. The van der Waals surface area contributed by atoms with Crippen LogP contribution in [0.25, 0.3) is 10.9 Å². The first-order valence-electron chi connectivity index (χ1n) is 6.38. The van der Waals surface area contributed by atoms with Gasteiger partial charge in [-0.2, -0.15) is 11.8 Å². The van der Waals surface area contributed by atoms with Crippen molar-refractivity contribution < 1.29 is 4.74 Å². The number of pyridine rings is 1. The van der Waals surface area contributed by atoms with Crippen molar-refractivity contribution in [2.75, 3.05) is 7.11 Å². The highest BCUT2D eigenvalue weighted by molar-refractivity contribution is 7.99. The maximum atomic E-state index is 6.26. The highest BCUT2D eigenvalue weighted by Gasteiger charge is 2.08. The van der Waals surface area contributed by atoms with Crippen molar-refractivity contribution in [2.24, 2.45) is 0 Å². The number of nitrogens with zero attached hydrogens (tertiary/aromatic N) is 1. The number of benzene rings is 1. The van der Waals surface area contributed by atoms with Gasteiger partial charge in [0.05, 0.1) is 12.6 Å². The number of fused-ring (bicyclic) bond motifs is 1. The van der Waals surface area contributed by atoms with E-state index < -0.39 is 0 Å². The van der Waals surface area contributed by atoms with Crippen LogP contribution in [0.2, 0.25) is 5.15 Å². The standard InChI is InChI=1S/C15H18ClNOS/c1-4-10(2)19-9-12-7-11-5-6-13(18-3)8-14(11)17-15(12)16/h5-8,10H,4,9H2,1-3H3. The third-order valence-corrected chi connectivity index (χ3v) is 4.86. The SMILES string of the molecule is CCC(C)SCc1cc2ccc(OC)cc2nc1Cl. The molecule has 2 aromatic rings. The lowest BCUT2D eigenvalue weighted by molar-refractivity contribution is 0.415. The topological polar surface area (TPSA) is 22.1 Å². The molecule has 0 fully saturated rings. The van der Waals surface area contributed by atoms with Crippen molar-refractivity contribution in [1.29, 1.82) is 0 Å². The molecule has 0 amide bonds. The lowest BCUT2D eigenvalue weighted by Crippen LogP contribution is -1.95. The highest BCUT2D eigenvalue weighted by atomic mass is 35.5. The number of aromatic nitrogens is 1. The first-order chi connectivity index (χ1) is 9.13. The number of rotatable bonds is 5. The average Bonchev–Trinajstić information content (AvgIpc) is 2.44. The lowest BCUT2D eigenvalue weighted by atomic mass is 10.1. The monoisotopic (exact) mass is 295 g/mol. The first-order valence-corrected chi connectivity index (χ1v) is 7.81. The van der Waals surface area contributed by atoms with Crippen LogP contribution in [0.4, 0.5) is 0 Å². The van der Waals surface area contributed by atoms with Gasteiger partial charge < -0.3 is 4.74 Å². The van der Waals surface area contributed by atoms with E-state index in [-0.39, 0.29) is 0 Å². The zero-order valence-electron chi connectivity index (χ0n) is 11.4. The fourth-order valence-electron chi connectivity index (χ4n) is 1.75. The molecule has 4 heteroatoms.